The third-order valence-corrected chi connectivity index (χ3v) is 5.87. The van der Waals surface area contributed by atoms with Gasteiger partial charge in [0.25, 0.3) is 0 Å². The molecule has 0 bridgehead atoms. The van der Waals surface area contributed by atoms with E-state index in [1.165, 1.54) is 0 Å². The van der Waals surface area contributed by atoms with E-state index in [1.807, 2.05) is 48.5 Å². The summed E-state index contributed by atoms with van der Waals surface area (Å²) in [5.74, 6) is 1.75. The summed E-state index contributed by atoms with van der Waals surface area (Å²) in [6.07, 6.45) is 0. The number of aromatic nitrogens is 4. The Morgan fingerprint density at radius 2 is 1.42 bits per heavy atom. The van der Waals surface area contributed by atoms with Crippen LogP contribution in [-0.2, 0) is 6.54 Å². The van der Waals surface area contributed by atoms with Crippen LogP contribution < -0.4 is 4.90 Å². The second-order valence-electron chi connectivity index (χ2n) is 7.19. The van der Waals surface area contributed by atoms with Crippen molar-refractivity contribution in [3.63, 3.8) is 0 Å². The fraction of sp³-hybridized carbons (Fsp3) is 0.238. The zero-order valence-corrected chi connectivity index (χ0v) is 18.8. The minimum Gasteiger partial charge on any atom is -0.338 e. The molecule has 0 saturated carbocycles. The first kappa shape index (κ1) is 20.2. The molecule has 2 aromatic carbocycles. The molecule has 5 rings (SSSR count). The normalized spacial score (nSPS) is 14.8. The van der Waals surface area contributed by atoms with Crippen molar-refractivity contribution in [3.8, 4) is 22.8 Å². The summed E-state index contributed by atoms with van der Waals surface area (Å²) >= 11 is 9.37. The molecule has 3 heterocycles. The largest absolute Gasteiger partial charge is 0.338 e. The van der Waals surface area contributed by atoms with Gasteiger partial charge in [0.15, 0.2) is 0 Å². The third kappa shape index (κ3) is 4.63. The Labute approximate surface area is 191 Å². The molecule has 0 N–H and O–H groups in total. The number of halogens is 2. The molecule has 0 atom stereocenters. The monoisotopic (exact) mass is 500 g/mol. The summed E-state index contributed by atoms with van der Waals surface area (Å²) in [6, 6.07) is 15.8. The van der Waals surface area contributed by atoms with Crippen LogP contribution in [-0.4, -0.2) is 51.4 Å². The van der Waals surface area contributed by atoms with E-state index in [-0.39, 0.29) is 0 Å². The zero-order chi connectivity index (χ0) is 21.2. The molecule has 1 aliphatic heterocycles. The highest BCUT2D eigenvalue weighted by Crippen LogP contribution is 2.23. The van der Waals surface area contributed by atoms with Crippen molar-refractivity contribution in [3.05, 3.63) is 63.9 Å². The number of nitrogens with zero attached hydrogens (tertiary/aromatic N) is 6. The molecular weight excluding hydrogens is 484 g/mol. The molecule has 1 fully saturated rings. The maximum absolute atomic E-state index is 5.94. The lowest BCUT2D eigenvalue weighted by molar-refractivity contribution is 0.211. The summed E-state index contributed by atoms with van der Waals surface area (Å²) in [6.45, 7) is 3.81. The Morgan fingerprint density at radius 3 is 2.13 bits per heavy atom. The minimum atomic E-state index is 0.542. The van der Waals surface area contributed by atoms with Crippen LogP contribution in [0.25, 0.3) is 22.8 Å². The Morgan fingerprint density at radius 1 is 0.806 bits per heavy atom. The van der Waals surface area contributed by atoms with E-state index < -0.39 is 0 Å². The van der Waals surface area contributed by atoms with Crippen molar-refractivity contribution in [2.24, 2.45) is 0 Å². The lowest BCUT2D eigenvalue weighted by Gasteiger charge is -2.32. The van der Waals surface area contributed by atoms with Crippen molar-refractivity contribution < 1.29 is 9.05 Å². The van der Waals surface area contributed by atoms with Crippen molar-refractivity contribution in [2.45, 2.75) is 6.54 Å². The van der Waals surface area contributed by atoms with Crippen LogP contribution in [0.5, 0.6) is 0 Å². The first-order chi connectivity index (χ1) is 15.1. The third-order valence-electron chi connectivity index (χ3n) is 5.09. The smallest absolute Gasteiger partial charge is 0.324 e. The van der Waals surface area contributed by atoms with Crippen LogP contribution in [0.3, 0.4) is 0 Å². The number of anilines is 1. The van der Waals surface area contributed by atoms with E-state index in [0.717, 1.165) is 41.8 Å². The quantitative estimate of drug-likeness (QED) is 0.394. The molecule has 0 unspecified atom stereocenters. The molecule has 8 nitrogen and oxygen atoms in total. The predicted molar refractivity (Wildman–Crippen MR) is 120 cm³/mol. The van der Waals surface area contributed by atoms with Gasteiger partial charge in [-0.15, -0.1) is 0 Å². The highest BCUT2D eigenvalue weighted by Gasteiger charge is 2.23. The van der Waals surface area contributed by atoms with Crippen LogP contribution in [0.4, 0.5) is 6.01 Å². The van der Waals surface area contributed by atoms with Crippen molar-refractivity contribution >= 4 is 33.5 Å². The van der Waals surface area contributed by atoms with Gasteiger partial charge < -0.3 is 13.9 Å². The SMILES string of the molecule is Clc1ccc(-c2noc(CN3CCN(c4nc(-c5ccc(Br)cc5)no4)CC3)n2)cc1. The Bertz CT molecular complexity index is 1150. The van der Waals surface area contributed by atoms with Gasteiger partial charge in [-0.1, -0.05) is 37.8 Å². The molecule has 31 heavy (non-hydrogen) atoms. The molecule has 4 aromatic rings. The molecule has 2 aromatic heterocycles. The first-order valence-corrected chi connectivity index (χ1v) is 11.0. The average Bonchev–Trinajstić information content (AvgIpc) is 3.46. The average molecular weight is 502 g/mol. The highest BCUT2D eigenvalue weighted by atomic mass is 79.9. The summed E-state index contributed by atoms with van der Waals surface area (Å²) in [7, 11) is 0. The molecule has 0 spiro atoms. The van der Waals surface area contributed by atoms with Crippen molar-refractivity contribution in [2.75, 3.05) is 31.1 Å². The van der Waals surface area contributed by atoms with E-state index in [0.29, 0.717) is 35.1 Å². The summed E-state index contributed by atoms with van der Waals surface area (Å²) < 4.78 is 11.9. The van der Waals surface area contributed by atoms with Crippen LogP contribution >= 0.6 is 27.5 Å². The lowest BCUT2D eigenvalue weighted by atomic mass is 10.2. The Kier molecular flexibility index (Phi) is 5.71. The van der Waals surface area contributed by atoms with Crippen molar-refractivity contribution in [1.29, 1.82) is 0 Å². The molecular formula is C21H18BrClN6O2. The van der Waals surface area contributed by atoms with Crippen LogP contribution in [0.15, 0.2) is 62.0 Å². The van der Waals surface area contributed by atoms with Gasteiger partial charge in [-0.05, 0) is 48.5 Å². The summed E-state index contributed by atoms with van der Waals surface area (Å²) in [5, 5.41) is 8.87. The highest BCUT2D eigenvalue weighted by molar-refractivity contribution is 9.10. The van der Waals surface area contributed by atoms with Gasteiger partial charge in [-0.25, -0.2) is 0 Å². The van der Waals surface area contributed by atoms with Gasteiger partial charge in [-0.2, -0.15) is 9.97 Å². The van der Waals surface area contributed by atoms with Gasteiger partial charge >= 0.3 is 6.01 Å². The molecule has 1 aliphatic rings. The first-order valence-electron chi connectivity index (χ1n) is 9.79. The number of hydrogen-bond acceptors (Lipinski definition) is 8. The van der Waals surface area contributed by atoms with Crippen LogP contribution in [0, 0.1) is 0 Å². The Hall–Kier alpha value is -2.75. The molecule has 158 valence electrons. The summed E-state index contributed by atoms with van der Waals surface area (Å²) in [5.41, 5.74) is 1.80. The topological polar surface area (TPSA) is 84.3 Å². The van der Waals surface area contributed by atoms with Crippen LogP contribution in [0.2, 0.25) is 5.02 Å². The molecule has 10 heteroatoms. The summed E-state index contributed by atoms with van der Waals surface area (Å²) in [4.78, 5) is 13.4. The lowest BCUT2D eigenvalue weighted by Crippen LogP contribution is -2.46. The second kappa shape index (κ2) is 8.78. The molecule has 1 saturated heterocycles. The fourth-order valence-electron chi connectivity index (χ4n) is 3.38. The van der Waals surface area contributed by atoms with Crippen molar-refractivity contribution in [1.82, 2.24) is 25.2 Å². The Balaban J connectivity index is 1.18. The number of piperazine rings is 1. The van der Waals surface area contributed by atoms with Gasteiger partial charge in [-0.3, -0.25) is 4.90 Å². The maximum atomic E-state index is 5.94. The van der Waals surface area contributed by atoms with Gasteiger partial charge in [0.05, 0.1) is 6.54 Å². The van der Waals surface area contributed by atoms with E-state index in [4.69, 9.17) is 20.6 Å². The van der Waals surface area contributed by atoms with Gasteiger partial charge in [0.1, 0.15) is 0 Å². The van der Waals surface area contributed by atoms with E-state index in [1.54, 1.807) is 0 Å². The zero-order valence-electron chi connectivity index (χ0n) is 16.4. The molecule has 0 radical (unpaired) electrons. The number of benzene rings is 2. The van der Waals surface area contributed by atoms with Gasteiger partial charge in [0, 0.05) is 46.8 Å². The standard InChI is InChI=1S/C21H18BrClN6O2/c22-16-5-1-14(2-6-16)20-25-21(31-27-20)29-11-9-28(10-12-29)13-18-24-19(26-30-18)15-3-7-17(23)8-4-15/h1-8H,9-13H2. The van der Waals surface area contributed by atoms with Crippen LogP contribution in [0.1, 0.15) is 5.89 Å². The van der Waals surface area contributed by atoms with E-state index in [9.17, 15) is 0 Å². The fourth-order valence-corrected chi connectivity index (χ4v) is 3.77. The maximum Gasteiger partial charge on any atom is 0.324 e. The minimum absolute atomic E-state index is 0.542. The van der Waals surface area contributed by atoms with E-state index >= 15 is 0 Å². The number of rotatable bonds is 5. The second-order valence-corrected chi connectivity index (χ2v) is 8.54. The molecule has 0 aliphatic carbocycles. The van der Waals surface area contributed by atoms with Gasteiger partial charge in [0.2, 0.25) is 17.5 Å². The van der Waals surface area contributed by atoms with E-state index in [2.05, 4.69) is 46.0 Å². The predicted octanol–water partition coefficient (Wildman–Crippen LogP) is 4.52. The molecule has 0 amide bonds. The number of hydrogen-bond donors (Lipinski definition) is 0.